The number of ether oxygens (including phenoxy) is 1. The van der Waals surface area contributed by atoms with Crippen molar-refractivity contribution in [3.05, 3.63) is 47.2 Å². The first-order chi connectivity index (χ1) is 18.2. The summed E-state index contributed by atoms with van der Waals surface area (Å²) in [7, 11) is 2.05. The summed E-state index contributed by atoms with van der Waals surface area (Å²) in [4.78, 5) is 4.83. The Morgan fingerprint density at radius 3 is 2.65 bits per heavy atom. The second-order valence-electron chi connectivity index (χ2n) is 9.84. The minimum Gasteiger partial charge on any atom is -0.381 e. The molecule has 1 aliphatic heterocycles. The molecule has 6 rings (SSSR count). The predicted molar refractivity (Wildman–Crippen MR) is 144 cm³/mol. The van der Waals surface area contributed by atoms with Crippen molar-refractivity contribution in [3.63, 3.8) is 0 Å². The smallest absolute Gasteiger partial charge is 0.151 e. The first-order valence-electron chi connectivity index (χ1n) is 13.0. The van der Waals surface area contributed by atoms with Gasteiger partial charge in [0.1, 0.15) is 11.1 Å². The van der Waals surface area contributed by atoms with Crippen LogP contribution in [0.4, 0.5) is 5.69 Å². The molecule has 2 N–H and O–H groups in total. The molecule has 0 spiro atoms. The van der Waals surface area contributed by atoms with E-state index in [1.807, 2.05) is 36.0 Å². The standard InChI is InChI=1S/C27H30N8OS/c1-29-19-4-2-18(3-5-19)26-33-34-27(37-26)22-16-30-24(13-23(22)32-20-8-10-36-11-9-20)25-7-6-21-12-17(14-28)15-31-35(21)25/h6-7,12-13,15-16,18-20,29H,2-5,8-11H2,1H3,(H,30,32). The van der Waals surface area contributed by atoms with Crippen LogP contribution in [0.25, 0.3) is 27.5 Å². The second kappa shape index (κ2) is 10.5. The summed E-state index contributed by atoms with van der Waals surface area (Å²) in [6.45, 7) is 1.52. The number of pyridine rings is 1. The van der Waals surface area contributed by atoms with Crippen LogP contribution < -0.4 is 10.6 Å². The SMILES string of the molecule is CNC1CCC(c2nnc(-c3cnc(-c4ccc5cc(C#N)cnn45)cc3NC3CCOCC3)s2)CC1. The second-order valence-corrected chi connectivity index (χ2v) is 10.8. The molecule has 1 saturated heterocycles. The highest BCUT2D eigenvalue weighted by atomic mass is 32.1. The molecule has 37 heavy (non-hydrogen) atoms. The van der Waals surface area contributed by atoms with Crippen LogP contribution in [0.1, 0.15) is 55.0 Å². The number of rotatable bonds is 6. The van der Waals surface area contributed by atoms with Crippen molar-refractivity contribution in [2.24, 2.45) is 0 Å². The summed E-state index contributed by atoms with van der Waals surface area (Å²) < 4.78 is 7.40. The number of hydrogen-bond donors (Lipinski definition) is 2. The maximum absolute atomic E-state index is 9.22. The van der Waals surface area contributed by atoms with Gasteiger partial charge in [-0.05, 0) is 69.8 Å². The molecule has 0 unspecified atom stereocenters. The summed E-state index contributed by atoms with van der Waals surface area (Å²) in [5.41, 5.74) is 5.06. The van der Waals surface area contributed by atoms with E-state index in [0.717, 1.165) is 77.1 Å². The van der Waals surface area contributed by atoms with Gasteiger partial charge in [0.25, 0.3) is 0 Å². The lowest BCUT2D eigenvalue weighted by molar-refractivity contribution is 0.0904. The molecule has 2 aliphatic rings. The molecule has 0 aromatic carbocycles. The highest BCUT2D eigenvalue weighted by Gasteiger charge is 2.26. The van der Waals surface area contributed by atoms with Crippen LogP contribution in [0.2, 0.25) is 0 Å². The molecule has 0 amide bonds. The Morgan fingerprint density at radius 2 is 1.86 bits per heavy atom. The van der Waals surface area contributed by atoms with E-state index >= 15 is 0 Å². The Kier molecular flexibility index (Phi) is 6.83. The average molecular weight is 515 g/mol. The fourth-order valence-electron chi connectivity index (χ4n) is 5.34. The highest BCUT2D eigenvalue weighted by Crippen LogP contribution is 2.39. The van der Waals surface area contributed by atoms with Crippen LogP contribution in [0.5, 0.6) is 0 Å². The third-order valence-electron chi connectivity index (χ3n) is 7.53. The number of anilines is 1. The van der Waals surface area contributed by atoms with Crippen molar-refractivity contribution >= 4 is 22.5 Å². The Balaban J connectivity index is 1.34. The van der Waals surface area contributed by atoms with Crippen LogP contribution in [0, 0.1) is 11.3 Å². The molecule has 5 heterocycles. The number of hydrogen-bond acceptors (Lipinski definition) is 9. The Labute approximate surface area is 219 Å². The van der Waals surface area contributed by atoms with Gasteiger partial charge in [-0.25, -0.2) is 4.52 Å². The van der Waals surface area contributed by atoms with Gasteiger partial charge in [-0.15, -0.1) is 10.2 Å². The number of nitrogens with zero attached hydrogens (tertiary/aromatic N) is 6. The number of fused-ring (bicyclic) bond motifs is 1. The van der Waals surface area contributed by atoms with E-state index in [4.69, 9.17) is 9.72 Å². The van der Waals surface area contributed by atoms with Crippen LogP contribution in [-0.4, -0.2) is 57.1 Å². The molecule has 0 bridgehead atoms. The molecular formula is C27H30N8OS. The minimum absolute atomic E-state index is 0.326. The summed E-state index contributed by atoms with van der Waals surface area (Å²) >= 11 is 1.69. The first kappa shape index (κ1) is 24.0. The Morgan fingerprint density at radius 1 is 1.03 bits per heavy atom. The maximum atomic E-state index is 9.22. The molecule has 1 saturated carbocycles. The van der Waals surface area contributed by atoms with Gasteiger partial charge < -0.3 is 15.4 Å². The average Bonchev–Trinajstić information content (AvgIpc) is 3.61. The van der Waals surface area contributed by atoms with Gasteiger partial charge >= 0.3 is 0 Å². The summed E-state index contributed by atoms with van der Waals surface area (Å²) in [6.07, 6.45) is 10.1. The zero-order valence-corrected chi connectivity index (χ0v) is 21.7. The van der Waals surface area contributed by atoms with Crippen LogP contribution in [-0.2, 0) is 4.74 Å². The molecule has 0 atom stereocenters. The molecule has 10 heteroatoms. The lowest BCUT2D eigenvalue weighted by Crippen LogP contribution is -2.29. The van der Waals surface area contributed by atoms with Gasteiger partial charge in [0.05, 0.1) is 34.2 Å². The Bertz CT molecular complexity index is 1430. The molecule has 190 valence electrons. The minimum atomic E-state index is 0.326. The zero-order chi connectivity index (χ0) is 25.2. The van der Waals surface area contributed by atoms with E-state index < -0.39 is 0 Å². The predicted octanol–water partition coefficient (Wildman–Crippen LogP) is 4.62. The fourth-order valence-corrected chi connectivity index (χ4v) is 6.38. The zero-order valence-electron chi connectivity index (χ0n) is 20.9. The quantitative estimate of drug-likeness (QED) is 0.383. The molecule has 2 fully saturated rings. The molecule has 4 aromatic rings. The fraction of sp³-hybridized carbons (Fsp3) is 0.444. The molecule has 4 aromatic heterocycles. The van der Waals surface area contributed by atoms with Gasteiger partial charge in [0.15, 0.2) is 5.01 Å². The third kappa shape index (κ3) is 4.94. The van der Waals surface area contributed by atoms with Crippen molar-refractivity contribution < 1.29 is 4.74 Å². The summed E-state index contributed by atoms with van der Waals surface area (Å²) in [5, 5.41) is 32.1. The third-order valence-corrected chi connectivity index (χ3v) is 8.65. The monoisotopic (exact) mass is 514 g/mol. The van der Waals surface area contributed by atoms with Crippen LogP contribution in [0.15, 0.2) is 36.7 Å². The number of aromatic nitrogens is 5. The normalized spacial score (nSPS) is 20.6. The molecule has 9 nitrogen and oxygen atoms in total. The van der Waals surface area contributed by atoms with Crippen LogP contribution in [0.3, 0.4) is 0 Å². The van der Waals surface area contributed by atoms with Crippen molar-refractivity contribution in [1.82, 2.24) is 30.1 Å². The van der Waals surface area contributed by atoms with Gasteiger partial charge in [0.2, 0.25) is 0 Å². The number of nitriles is 1. The van der Waals surface area contributed by atoms with Crippen molar-refractivity contribution in [2.45, 2.75) is 56.5 Å². The first-order valence-corrected chi connectivity index (χ1v) is 13.8. The maximum Gasteiger partial charge on any atom is 0.151 e. The van der Waals surface area contributed by atoms with Gasteiger partial charge in [-0.3, -0.25) is 4.98 Å². The van der Waals surface area contributed by atoms with Gasteiger partial charge in [0, 0.05) is 43.1 Å². The lowest BCUT2D eigenvalue weighted by atomic mass is 9.86. The van der Waals surface area contributed by atoms with Gasteiger partial charge in [-0.1, -0.05) is 11.3 Å². The van der Waals surface area contributed by atoms with Crippen molar-refractivity contribution in [3.8, 4) is 28.0 Å². The van der Waals surface area contributed by atoms with E-state index in [0.29, 0.717) is 23.6 Å². The van der Waals surface area contributed by atoms with E-state index in [1.165, 1.54) is 12.8 Å². The largest absolute Gasteiger partial charge is 0.381 e. The molecule has 0 radical (unpaired) electrons. The van der Waals surface area contributed by atoms with E-state index in [9.17, 15) is 5.26 Å². The summed E-state index contributed by atoms with van der Waals surface area (Å²) in [5.74, 6) is 0.478. The highest BCUT2D eigenvalue weighted by molar-refractivity contribution is 7.14. The Hall–Kier alpha value is -3.39. The molecular weight excluding hydrogens is 484 g/mol. The van der Waals surface area contributed by atoms with Crippen molar-refractivity contribution in [2.75, 3.05) is 25.6 Å². The van der Waals surface area contributed by atoms with Crippen molar-refractivity contribution in [1.29, 1.82) is 5.26 Å². The van der Waals surface area contributed by atoms with E-state index in [-0.39, 0.29) is 0 Å². The van der Waals surface area contributed by atoms with Crippen LogP contribution >= 0.6 is 11.3 Å². The van der Waals surface area contributed by atoms with Gasteiger partial charge in [-0.2, -0.15) is 10.4 Å². The molecule has 1 aliphatic carbocycles. The van der Waals surface area contributed by atoms with E-state index in [2.05, 4.69) is 38.1 Å². The summed E-state index contributed by atoms with van der Waals surface area (Å²) in [6, 6.07) is 11.0. The van der Waals surface area contributed by atoms with E-state index in [1.54, 1.807) is 17.5 Å². The lowest BCUT2D eigenvalue weighted by Gasteiger charge is -2.26. The number of nitrogens with one attached hydrogen (secondary N) is 2. The topological polar surface area (TPSA) is 113 Å².